The van der Waals surface area contributed by atoms with Crippen molar-refractivity contribution in [3.05, 3.63) is 28.7 Å². The van der Waals surface area contributed by atoms with Crippen LogP contribution in [0.3, 0.4) is 0 Å². The second-order valence-electron chi connectivity index (χ2n) is 3.80. The summed E-state index contributed by atoms with van der Waals surface area (Å²) in [6.07, 6.45) is 0.745. The molecule has 6 heteroatoms. The normalized spacial score (nSPS) is 18.9. The number of carbonyl (C=O) groups excluding carboxylic acids is 2. The molecule has 1 aromatic rings. The Balaban J connectivity index is 1.82. The van der Waals surface area contributed by atoms with Crippen molar-refractivity contribution in [3.63, 3.8) is 0 Å². The first-order valence-electron chi connectivity index (χ1n) is 5.50. The van der Waals surface area contributed by atoms with Gasteiger partial charge in [-0.15, -0.1) is 11.8 Å². The molecule has 2 rings (SSSR count). The number of benzene rings is 1. The lowest BCUT2D eigenvalue weighted by atomic mass is 10.2. The number of hydrogen-bond donors (Lipinski definition) is 1. The summed E-state index contributed by atoms with van der Waals surface area (Å²) in [5.41, 5.74) is 0. The summed E-state index contributed by atoms with van der Waals surface area (Å²) in [4.78, 5) is 24.1. The maximum absolute atomic E-state index is 11.7. The molecule has 96 valence electrons. The van der Waals surface area contributed by atoms with Crippen LogP contribution in [0.1, 0.15) is 6.42 Å². The van der Waals surface area contributed by atoms with Crippen molar-refractivity contribution >= 4 is 50.5 Å². The smallest absolute Gasteiger partial charge is 0.230 e. The molecule has 1 saturated heterocycles. The largest absolute Gasteiger partial charge is 0.345 e. The molecule has 1 amide bonds. The fraction of sp³-hybridized carbons (Fsp3) is 0.333. The van der Waals surface area contributed by atoms with E-state index >= 15 is 0 Å². The highest BCUT2D eigenvalue weighted by molar-refractivity contribution is 9.10. The van der Waals surface area contributed by atoms with Crippen LogP contribution in [0.2, 0.25) is 0 Å². The van der Waals surface area contributed by atoms with Gasteiger partial charge in [0.15, 0.2) is 0 Å². The third kappa shape index (κ3) is 3.76. The predicted molar refractivity (Wildman–Crippen MR) is 78.9 cm³/mol. The highest BCUT2D eigenvalue weighted by atomic mass is 79.9. The molecule has 18 heavy (non-hydrogen) atoms. The summed E-state index contributed by atoms with van der Waals surface area (Å²) < 4.78 is 0.982. The molecule has 1 N–H and O–H groups in total. The zero-order chi connectivity index (χ0) is 13.0. The van der Waals surface area contributed by atoms with Crippen LogP contribution in [-0.4, -0.2) is 28.6 Å². The lowest BCUT2D eigenvalue weighted by Crippen LogP contribution is -2.38. The van der Waals surface area contributed by atoms with E-state index in [9.17, 15) is 9.59 Å². The van der Waals surface area contributed by atoms with Crippen molar-refractivity contribution in [3.8, 4) is 0 Å². The Morgan fingerprint density at radius 2 is 2.28 bits per heavy atom. The van der Waals surface area contributed by atoms with Crippen molar-refractivity contribution in [2.45, 2.75) is 17.4 Å². The van der Waals surface area contributed by atoms with Gasteiger partial charge in [0, 0.05) is 15.1 Å². The molecule has 0 spiro atoms. The molecule has 0 bridgehead atoms. The van der Waals surface area contributed by atoms with Crippen LogP contribution in [0, 0.1) is 0 Å². The molecule has 1 aliphatic heterocycles. The van der Waals surface area contributed by atoms with Crippen LogP contribution in [0.25, 0.3) is 0 Å². The van der Waals surface area contributed by atoms with Gasteiger partial charge in [0.2, 0.25) is 11.0 Å². The zero-order valence-corrected chi connectivity index (χ0v) is 12.7. The molecule has 0 radical (unpaired) electrons. The number of halogens is 1. The Hall–Kier alpha value is -0.460. The van der Waals surface area contributed by atoms with E-state index < -0.39 is 0 Å². The Bertz CT molecular complexity index is 467. The van der Waals surface area contributed by atoms with Gasteiger partial charge in [0.1, 0.15) is 0 Å². The number of amides is 1. The minimum Gasteiger partial charge on any atom is -0.345 e. The molecule has 1 atom stereocenters. The summed E-state index contributed by atoms with van der Waals surface area (Å²) in [6.45, 7) is 0. The SMILES string of the molecule is O=C(CSc1ccccc1Br)N[C@H]1CCSC1=O. The first-order chi connectivity index (χ1) is 8.66. The summed E-state index contributed by atoms with van der Waals surface area (Å²) >= 11 is 6.19. The third-order valence-electron chi connectivity index (χ3n) is 2.47. The molecular weight excluding hydrogens is 334 g/mol. The summed E-state index contributed by atoms with van der Waals surface area (Å²) in [5, 5.41) is 2.85. The van der Waals surface area contributed by atoms with Gasteiger partial charge in [-0.2, -0.15) is 0 Å². The van der Waals surface area contributed by atoms with Gasteiger partial charge in [0.25, 0.3) is 0 Å². The van der Waals surface area contributed by atoms with E-state index in [1.807, 2.05) is 24.3 Å². The van der Waals surface area contributed by atoms with Crippen molar-refractivity contribution in [1.82, 2.24) is 5.32 Å². The second-order valence-corrected chi connectivity index (χ2v) is 6.77. The van der Waals surface area contributed by atoms with E-state index in [4.69, 9.17) is 0 Å². The van der Waals surface area contributed by atoms with Crippen molar-refractivity contribution in [2.75, 3.05) is 11.5 Å². The average Bonchev–Trinajstić information content (AvgIpc) is 2.74. The fourth-order valence-corrected chi connectivity index (χ4v) is 3.88. The Kier molecular flexibility index (Phi) is 5.14. The van der Waals surface area contributed by atoms with Gasteiger partial charge in [-0.1, -0.05) is 23.9 Å². The van der Waals surface area contributed by atoms with Crippen LogP contribution >= 0.6 is 39.5 Å². The van der Waals surface area contributed by atoms with Crippen LogP contribution in [0.4, 0.5) is 0 Å². The first kappa shape index (κ1) is 14.0. The lowest BCUT2D eigenvalue weighted by Gasteiger charge is -2.10. The van der Waals surface area contributed by atoms with Crippen LogP contribution in [0.15, 0.2) is 33.6 Å². The van der Waals surface area contributed by atoms with E-state index in [1.54, 1.807) is 0 Å². The van der Waals surface area contributed by atoms with Crippen molar-refractivity contribution in [2.24, 2.45) is 0 Å². The number of thioether (sulfide) groups is 2. The minimum atomic E-state index is -0.290. The predicted octanol–water partition coefficient (Wildman–Crippen LogP) is 2.69. The fourth-order valence-electron chi connectivity index (χ4n) is 1.57. The molecule has 0 unspecified atom stereocenters. The Labute approximate surface area is 123 Å². The Morgan fingerprint density at radius 3 is 2.94 bits per heavy atom. The summed E-state index contributed by atoms with van der Waals surface area (Å²) in [6, 6.07) is 7.48. The number of nitrogens with one attached hydrogen (secondary N) is 1. The third-order valence-corrected chi connectivity index (χ3v) is 5.50. The molecule has 0 aromatic heterocycles. The number of hydrogen-bond acceptors (Lipinski definition) is 4. The highest BCUT2D eigenvalue weighted by Gasteiger charge is 2.26. The van der Waals surface area contributed by atoms with Gasteiger partial charge < -0.3 is 5.32 Å². The van der Waals surface area contributed by atoms with E-state index in [2.05, 4.69) is 21.2 Å². The average molecular weight is 346 g/mol. The monoisotopic (exact) mass is 345 g/mol. The quantitative estimate of drug-likeness (QED) is 0.852. The maximum Gasteiger partial charge on any atom is 0.230 e. The van der Waals surface area contributed by atoms with Gasteiger partial charge in [0.05, 0.1) is 11.8 Å². The standard InChI is InChI=1S/C12H12BrNO2S2/c13-8-3-1-2-4-10(8)18-7-11(15)14-9-5-6-17-12(9)16/h1-4,9H,5-7H2,(H,14,15)/t9-/m0/s1. The number of carbonyl (C=O) groups is 2. The molecular formula is C12H12BrNO2S2. The summed E-state index contributed by atoms with van der Waals surface area (Å²) in [7, 11) is 0. The molecule has 1 aromatic carbocycles. The highest BCUT2D eigenvalue weighted by Crippen LogP contribution is 2.27. The molecule has 3 nitrogen and oxygen atoms in total. The van der Waals surface area contributed by atoms with Crippen LogP contribution < -0.4 is 5.32 Å². The molecule has 1 aliphatic rings. The number of rotatable bonds is 4. The maximum atomic E-state index is 11.7. The summed E-state index contributed by atoms with van der Waals surface area (Å²) in [5.74, 6) is 1.05. The van der Waals surface area contributed by atoms with E-state index in [1.165, 1.54) is 23.5 Å². The van der Waals surface area contributed by atoms with Crippen molar-refractivity contribution < 1.29 is 9.59 Å². The topological polar surface area (TPSA) is 46.2 Å². The van der Waals surface area contributed by atoms with E-state index in [0.29, 0.717) is 5.75 Å². The van der Waals surface area contributed by atoms with Gasteiger partial charge >= 0.3 is 0 Å². The Morgan fingerprint density at radius 1 is 1.50 bits per heavy atom. The van der Waals surface area contributed by atoms with Crippen LogP contribution in [0.5, 0.6) is 0 Å². The van der Waals surface area contributed by atoms with E-state index in [-0.39, 0.29) is 17.1 Å². The van der Waals surface area contributed by atoms with Gasteiger partial charge in [-0.05, 0) is 34.5 Å². The van der Waals surface area contributed by atoms with Crippen LogP contribution in [-0.2, 0) is 9.59 Å². The molecule has 1 fully saturated rings. The van der Waals surface area contributed by atoms with Gasteiger partial charge in [-0.25, -0.2) is 0 Å². The molecule has 0 saturated carbocycles. The lowest BCUT2D eigenvalue weighted by molar-refractivity contribution is -0.122. The first-order valence-corrected chi connectivity index (χ1v) is 8.26. The van der Waals surface area contributed by atoms with Crippen molar-refractivity contribution in [1.29, 1.82) is 0 Å². The van der Waals surface area contributed by atoms with E-state index in [0.717, 1.165) is 21.5 Å². The molecule has 1 heterocycles. The zero-order valence-electron chi connectivity index (χ0n) is 9.52. The minimum absolute atomic E-state index is 0.0780. The van der Waals surface area contributed by atoms with Gasteiger partial charge in [-0.3, -0.25) is 9.59 Å². The second kappa shape index (κ2) is 6.63. The molecule has 0 aliphatic carbocycles.